The SMILES string of the molecule is CCN(C(=O)Cn1cc(C(F)(F)F)ccc1=O)C1CCCCC1. The van der Waals surface area contributed by atoms with Crippen molar-refractivity contribution < 1.29 is 18.0 Å². The number of rotatable bonds is 4. The molecule has 128 valence electrons. The number of carbonyl (C=O) groups is 1. The van der Waals surface area contributed by atoms with Crippen molar-refractivity contribution in [3.8, 4) is 0 Å². The first-order valence-electron chi connectivity index (χ1n) is 7.90. The highest BCUT2D eigenvalue weighted by Gasteiger charge is 2.31. The largest absolute Gasteiger partial charge is 0.417 e. The van der Waals surface area contributed by atoms with Gasteiger partial charge in [-0.3, -0.25) is 9.59 Å². The van der Waals surface area contributed by atoms with E-state index in [1.165, 1.54) is 0 Å². The van der Waals surface area contributed by atoms with Crippen molar-refractivity contribution in [2.75, 3.05) is 6.54 Å². The van der Waals surface area contributed by atoms with E-state index < -0.39 is 17.3 Å². The second kappa shape index (κ2) is 7.19. The molecule has 7 heteroatoms. The van der Waals surface area contributed by atoms with Gasteiger partial charge in [-0.1, -0.05) is 19.3 Å². The average Bonchev–Trinajstić information content (AvgIpc) is 2.50. The van der Waals surface area contributed by atoms with E-state index in [2.05, 4.69) is 0 Å². The third-order valence-corrected chi connectivity index (χ3v) is 4.29. The predicted octanol–water partition coefficient (Wildman–Crippen LogP) is 3.05. The van der Waals surface area contributed by atoms with Gasteiger partial charge in [0.1, 0.15) is 6.54 Å². The Kier molecular flexibility index (Phi) is 5.49. The van der Waals surface area contributed by atoms with Gasteiger partial charge in [-0.15, -0.1) is 0 Å². The van der Waals surface area contributed by atoms with Gasteiger partial charge in [0.15, 0.2) is 0 Å². The van der Waals surface area contributed by atoms with Crippen molar-refractivity contribution >= 4 is 5.91 Å². The summed E-state index contributed by atoms with van der Waals surface area (Å²) in [5, 5.41) is 0. The molecular formula is C16H21F3N2O2. The zero-order valence-corrected chi connectivity index (χ0v) is 13.1. The Morgan fingerprint density at radius 3 is 2.48 bits per heavy atom. The van der Waals surface area contributed by atoms with Crippen LogP contribution in [0.5, 0.6) is 0 Å². The molecule has 0 spiro atoms. The Bertz CT molecular complexity index is 604. The van der Waals surface area contributed by atoms with Gasteiger partial charge in [-0.2, -0.15) is 13.2 Å². The number of hydrogen-bond donors (Lipinski definition) is 0. The highest BCUT2D eigenvalue weighted by molar-refractivity contribution is 5.76. The van der Waals surface area contributed by atoms with Crippen molar-refractivity contribution in [3.05, 3.63) is 34.2 Å². The zero-order chi connectivity index (χ0) is 17.0. The molecule has 1 amide bonds. The first-order valence-corrected chi connectivity index (χ1v) is 7.90. The Hall–Kier alpha value is -1.79. The number of alkyl halides is 3. The molecule has 1 aromatic heterocycles. The summed E-state index contributed by atoms with van der Waals surface area (Å²) in [7, 11) is 0. The molecule has 0 aliphatic heterocycles. The number of nitrogens with zero attached hydrogens (tertiary/aromatic N) is 2. The minimum Gasteiger partial charge on any atom is -0.338 e. The van der Waals surface area contributed by atoms with Gasteiger partial charge in [0.05, 0.1) is 5.56 Å². The molecule has 0 radical (unpaired) electrons. The van der Waals surface area contributed by atoms with Crippen LogP contribution in [0, 0.1) is 0 Å². The van der Waals surface area contributed by atoms with Gasteiger partial charge in [-0.25, -0.2) is 0 Å². The minimum absolute atomic E-state index is 0.128. The number of carbonyl (C=O) groups excluding carboxylic acids is 1. The van der Waals surface area contributed by atoms with Crippen LogP contribution in [0.25, 0.3) is 0 Å². The molecule has 0 saturated heterocycles. The summed E-state index contributed by atoms with van der Waals surface area (Å²) in [4.78, 5) is 25.9. The van der Waals surface area contributed by atoms with E-state index in [4.69, 9.17) is 0 Å². The molecule has 1 saturated carbocycles. The molecule has 1 aliphatic carbocycles. The fourth-order valence-electron chi connectivity index (χ4n) is 3.09. The number of amides is 1. The Labute approximate surface area is 132 Å². The Morgan fingerprint density at radius 2 is 1.91 bits per heavy atom. The smallest absolute Gasteiger partial charge is 0.338 e. The van der Waals surface area contributed by atoms with E-state index in [9.17, 15) is 22.8 Å². The molecule has 4 nitrogen and oxygen atoms in total. The van der Waals surface area contributed by atoms with Gasteiger partial charge in [0, 0.05) is 24.8 Å². The van der Waals surface area contributed by atoms with Gasteiger partial charge in [0.25, 0.3) is 5.56 Å². The first kappa shape index (κ1) is 17.6. The van der Waals surface area contributed by atoms with Crippen LogP contribution in [0.2, 0.25) is 0 Å². The lowest BCUT2D eigenvalue weighted by Gasteiger charge is -2.33. The summed E-state index contributed by atoms with van der Waals surface area (Å²) >= 11 is 0. The Balaban J connectivity index is 2.16. The van der Waals surface area contributed by atoms with Gasteiger partial charge in [0.2, 0.25) is 5.91 Å². The standard InChI is InChI=1S/C16H21F3N2O2/c1-2-21(13-6-4-3-5-7-13)15(23)11-20-10-12(16(17,18)19)8-9-14(20)22/h8-10,13H,2-7,11H2,1H3. The number of pyridine rings is 1. The molecular weight excluding hydrogens is 309 g/mol. The molecule has 1 heterocycles. The normalized spacial score (nSPS) is 16.3. The highest BCUT2D eigenvalue weighted by Crippen LogP contribution is 2.28. The van der Waals surface area contributed by atoms with E-state index in [0.29, 0.717) is 6.54 Å². The molecule has 0 unspecified atom stereocenters. The maximum absolute atomic E-state index is 12.7. The summed E-state index contributed by atoms with van der Waals surface area (Å²) in [5.74, 6) is -0.305. The number of aromatic nitrogens is 1. The lowest BCUT2D eigenvalue weighted by molar-refractivity contribution is -0.139. The summed E-state index contributed by atoms with van der Waals surface area (Å²) in [5.41, 5.74) is -1.53. The van der Waals surface area contributed by atoms with Gasteiger partial charge >= 0.3 is 6.18 Å². The number of hydrogen-bond acceptors (Lipinski definition) is 2. The lowest BCUT2D eigenvalue weighted by atomic mass is 9.94. The zero-order valence-electron chi connectivity index (χ0n) is 13.1. The maximum atomic E-state index is 12.7. The minimum atomic E-state index is -4.54. The fourth-order valence-corrected chi connectivity index (χ4v) is 3.09. The van der Waals surface area contributed by atoms with Crippen LogP contribution in [0.1, 0.15) is 44.6 Å². The van der Waals surface area contributed by atoms with Gasteiger partial charge in [-0.05, 0) is 25.8 Å². The molecule has 0 N–H and O–H groups in total. The second-order valence-corrected chi connectivity index (χ2v) is 5.85. The molecule has 2 rings (SSSR count). The Morgan fingerprint density at radius 1 is 1.26 bits per heavy atom. The highest BCUT2D eigenvalue weighted by atomic mass is 19.4. The van der Waals surface area contributed by atoms with Crippen molar-refractivity contribution in [3.63, 3.8) is 0 Å². The third-order valence-electron chi connectivity index (χ3n) is 4.29. The fraction of sp³-hybridized carbons (Fsp3) is 0.625. The summed E-state index contributed by atoms with van der Waals surface area (Å²) in [6.07, 6.45) is 1.26. The maximum Gasteiger partial charge on any atom is 0.417 e. The molecule has 0 aromatic carbocycles. The predicted molar refractivity (Wildman–Crippen MR) is 80.0 cm³/mol. The van der Waals surface area contributed by atoms with E-state index in [0.717, 1.165) is 55.0 Å². The monoisotopic (exact) mass is 330 g/mol. The van der Waals surface area contributed by atoms with Crippen LogP contribution in [0.15, 0.2) is 23.1 Å². The molecule has 1 aliphatic rings. The van der Waals surface area contributed by atoms with Crippen molar-refractivity contribution in [2.24, 2.45) is 0 Å². The van der Waals surface area contributed by atoms with E-state index in [1.807, 2.05) is 6.92 Å². The van der Waals surface area contributed by atoms with Crippen molar-refractivity contribution in [1.29, 1.82) is 0 Å². The quantitative estimate of drug-likeness (QED) is 0.851. The van der Waals surface area contributed by atoms with Crippen LogP contribution in [-0.2, 0) is 17.5 Å². The summed E-state index contributed by atoms with van der Waals surface area (Å²) in [6.45, 7) is 1.99. The van der Waals surface area contributed by atoms with Gasteiger partial charge < -0.3 is 9.47 Å². The summed E-state index contributed by atoms with van der Waals surface area (Å²) in [6, 6.07) is 1.72. The topological polar surface area (TPSA) is 42.3 Å². The number of halogens is 3. The molecule has 0 atom stereocenters. The van der Waals surface area contributed by atoms with Crippen molar-refractivity contribution in [1.82, 2.24) is 9.47 Å². The first-order chi connectivity index (χ1) is 10.8. The molecule has 23 heavy (non-hydrogen) atoms. The van der Waals surface area contributed by atoms with Crippen molar-refractivity contribution in [2.45, 2.75) is 57.8 Å². The lowest BCUT2D eigenvalue weighted by Crippen LogP contribution is -2.44. The van der Waals surface area contributed by atoms with Crippen LogP contribution >= 0.6 is 0 Å². The molecule has 0 bridgehead atoms. The van der Waals surface area contributed by atoms with Crippen LogP contribution in [-0.4, -0.2) is 28.0 Å². The van der Waals surface area contributed by atoms with Crippen LogP contribution in [0.4, 0.5) is 13.2 Å². The molecule has 1 fully saturated rings. The van der Waals surface area contributed by atoms with E-state index in [-0.39, 0.29) is 18.5 Å². The van der Waals surface area contributed by atoms with Crippen LogP contribution < -0.4 is 5.56 Å². The van der Waals surface area contributed by atoms with Crippen LogP contribution in [0.3, 0.4) is 0 Å². The third kappa shape index (κ3) is 4.36. The second-order valence-electron chi connectivity index (χ2n) is 5.85. The summed E-state index contributed by atoms with van der Waals surface area (Å²) < 4.78 is 39.1. The van der Waals surface area contributed by atoms with E-state index in [1.54, 1.807) is 4.90 Å². The molecule has 1 aromatic rings. The average molecular weight is 330 g/mol. The van der Waals surface area contributed by atoms with E-state index >= 15 is 0 Å². The number of likely N-dealkylation sites (N-methyl/N-ethyl adjacent to an activating group) is 1.